The monoisotopic (exact) mass is 294 g/mol. The molecule has 110 valence electrons. The molecule has 0 aliphatic carbocycles. The minimum absolute atomic E-state index is 0.273. The molecule has 0 heterocycles. The van der Waals surface area contributed by atoms with Crippen LogP contribution in [0.25, 0.3) is 0 Å². The van der Waals surface area contributed by atoms with E-state index >= 15 is 0 Å². The highest BCUT2D eigenvalue weighted by Gasteiger charge is 2.20. The highest BCUT2D eigenvalue weighted by molar-refractivity contribution is 6.06. The van der Waals surface area contributed by atoms with Crippen LogP contribution in [0, 0.1) is 31.3 Å². The normalized spacial score (nSPS) is 10.5. The fraction of sp³-hybridized carbons (Fsp3) is 0.133. The van der Waals surface area contributed by atoms with Crippen molar-refractivity contribution in [3.8, 4) is 0 Å². The second-order valence-corrected chi connectivity index (χ2v) is 4.67. The van der Waals surface area contributed by atoms with Crippen molar-refractivity contribution < 1.29 is 18.0 Å². The van der Waals surface area contributed by atoms with Crippen LogP contribution in [0.15, 0.2) is 24.3 Å². The van der Waals surface area contributed by atoms with Gasteiger partial charge in [0.15, 0.2) is 0 Å². The largest absolute Gasteiger partial charge is 0.397 e. The molecule has 0 aromatic heterocycles. The van der Waals surface area contributed by atoms with Crippen molar-refractivity contribution in [3.05, 3.63) is 58.4 Å². The first-order valence-corrected chi connectivity index (χ1v) is 6.13. The summed E-state index contributed by atoms with van der Waals surface area (Å²) in [6, 6.07) is 4.24. The number of nitrogens with one attached hydrogen (secondary N) is 1. The number of nitrogens with two attached hydrogens (primary N) is 1. The van der Waals surface area contributed by atoms with E-state index in [2.05, 4.69) is 5.32 Å². The summed E-state index contributed by atoms with van der Waals surface area (Å²) in [5, 5.41) is 2.37. The lowest BCUT2D eigenvalue weighted by Crippen LogP contribution is -2.18. The molecule has 2 aromatic carbocycles. The number of anilines is 2. The smallest absolute Gasteiger partial charge is 0.261 e. The van der Waals surface area contributed by atoms with Gasteiger partial charge in [-0.25, -0.2) is 13.2 Å². The lowest BCUT2D eigenvalue weighted by molar-refractivity contribution is 0.101. The molecule has 0 aliphatic heterocycles. The van der Waals surface area contributed by atoms with Crippen molar-refractivity contribution in [2.75, 3.05) is 11.1 Å². The summed E-state index contributed by atoms with van der Waals surface area (Å²) in [7, 11) is 0. The minimum Gasteiger partial charge on any atom is -0.397 e. The van der Waals surface area contributed by atoms with Crippen LogP contribution in [0.5, 0.6) is 0 Å². The Kier molecular flexibility index (Phi) is 3.88. The molecule has 1 amide bonds. The third-order valence-electron chi connectivity index (χ3n) is 3.24. The topological polar surface area (TPSA) is 55.1 Å². The molecule has 2 rings (SSSR count). The van der Waals surface area contributed by atoms with E-state index < -0.39 is 28.9 Å². The highest BCUT2D eigenvalue weighted by Crippen LogP contribution is 2.27. The predicted octanol–water partition coefficient (Wildman–Crippen LogP) is 3.56. The number of aryl methyl sites for hydroxylation is 1. The van der Waals surface area contributed by atoms with Crippen LogP contribution in [-0.2, 0) is 0 Å². The van der Waals surface area contributed by atoms with Crippen LogP contribution >= 0.6 is 0 Å². The second-order valence-electron chi connectivity index (χ2n) is 4.67. The van der Waals surface area contributed by atoms with E-state index in [0.29, 0.717) is 17.7 Å². The molecule has 3 N–H and O–H groups in total. The van der Waals surface area contributed by atoms with E-state index in [1.54, 1.807) is 19.1 Å². The van der Waals surface area contributed by atoms with E-state index in [1.807, 2.05) is 6.92 Å². The Bertz CT molecular complexity index is 706. The van der Waals surface area contributed by atoms with Crippen molar-refractivity contribution in [2.24, 2.45) is 0 Å². The fourth-order valence-electron chi connectivity index (χ4n) is 1.94. The van der Waals surface area contributed by atoms with Gasteiger partial charge in [0, 0.05) is 12.1 Å². The summed E-state index contributed by atoms with van der Waals surface area (Å²) in [6.45, 7) is 3.53. The Morgan fingerprint density at radius 3 is 2.24 bits per heavy atom. The number of halogens is 3. The average Bonchev–Trinajstić information content (AvgIpc) is 2.38. The average molecular weight is 294 g/mol. The van der Waals surface area contributed by atoms with Crippen LogP contribution in [0.3, 0.4) is 0 Å². The molecule has 0 radical (unpaired) electrons. The van der Waals surface area contributed by atoms with E-state index in [1.165, 1.54) is 0 Å². The van der Waals surface area contributed by atoms with Crippen LogP contribution < -0.4 is 11.1 Å². The first-order chi connectivity index (χ1) is 9.81. The fourth-order valence-corrected chi connectivity index (χ4v) is 1.94. The Labute approximate surface area is 119 Å². The van der Waals surface area contributed by atoms with Crippen molar-refractivity contribution in [2.45, 2.75) is 13.8 Å². The molecule has 0 saturated heterocycles. The summed E-state index contributed by atoms with van der Waals surface area (Å²) in [4.78, 5) is 12.0. The Hall–Kier alpha value is -2.50. The Balaban J connectivity index is 2.42. The Morgan fingerprint density at radius 2 is 1.67 bits per heavy atom. The van der Waals surface area contributed by atoms with E-state index in [-0.39, 0.29) is 11.4 Å². The molecule has 0 unspecified atom stereocenters. The molecule has 0 bridgehead atoms. The summed E-state index contributed by atoms with van der Waals surface area (Å²) in [5.41, 5.74) is 7.00. The molecule has 3 nitrogen and oxygen atoms in total. The van der Waals surface area contributed by atoms with Gasteiger partial charge in [0.05, 0.1) is 11.4 Å². The van der Waals surface area contributed by atoms with Crippen molar-refractivity contribution in [3.63, 3.8) is 0 Å². The lowest BCUT2D eigenvalue weighted by atomic mass is 10.1. The van der Waals surface area contributed by atoms with Gasteiger partial charge in [0.25, 0.3) is 5.91 Å². The lowest BCUT2D eigenvalue weighted by Gasteiger charge is -2.14. The molecule has 2 aromatic rings. The number of nitrogen functional groups attached to an aromatic ring is 1. The van der Waals surface area contributed by atoms with Gasteiger partial charge < -0.3 is 11.1 Å². The number of carbonyl (C=O) groups excluding carboxylic acids is 1. The van der Waals surface area contributed by atoms with E-state index in [9.17, 15) is 18.0 Å². The summed E-state index contributed by atoms with van der Waals surface area (Å²) in [6.07, 6.45) is 0. The minimum atomic E-state index is -1.27. The molecular formula is C15H13F3N2O. The SMILES string of the molecule is Cc1ccc(N)c(NC(=O)c2c(F)cc(F)cc2F)c1C. The van der Waals surface area contributed by atoms with Crippen molar-refractivity contribution >= 4 is 17.3 Å². The number of benzene rings is 2. The summed E-state index contributed by atoms with van der Waals surface area (Å²) in [5.74, 6) is -4.65. The number of amides is 1. The molecule has 0 atom stereocenters. The van der Waals surface area contributed by atoms with Gasteiger partial charge in [-0.3, -0.25) is 4.79 Å². The summed E-state index contributed by atoms with van der Waals surface area (Å²) < 4.78 is 40.0. The molecule has 6 heteroatoms. The van der Waals surface area contributed by atoms with E-state index in [0.717, 1.165) is 5.56 Å². The molecule has 0 aliphatic rings. The van der Waals surface area contributed by atoms with Crippen LogP contribution in [0.2, 0.25) is 0 Å². The van der Waals surface area contributed by atoms with Gasteiger partial charge in [0.1, 0.15) is 23.0 Å². The maximum atomic E-state index is 13.6. The first kappa shape index (κ1) is 14.9. The van der Waals surface area contributed by atoms with Crippen LogP contribution in [-0.4, -0.2) is 5.91 Å². The number of hydrogen-bond donors (Lipinski definition) is 2. The van der Waals surface area contributed by atoms with E-state index in [4.69, 9.17) is 5.73 Å². The van der Waals surface area contributed by atoms with Crippen molar-refractivity contribution in [1.82, 2.24) is 0 Å². The quantitative estimate of drug-likeness (QED) is 0.832. The van der Waals surface area contributed by atoms with Gasteiger partial charge in [-0.05, 0) is 31.0 Å². The zero-order valence-corrected chi connectivity index (χ0v) is 11.4. The van der Waals surface area contributed by atoms with Crippen LogP contribution in [0.1, 0.15) is 21.5 Å². The first-order valence-electron chi connectivity index (χ1n) is 6.13. The van der Waals surface area contributed by atoms with Gasteiger partial charge in [-0.2, -0.15) is 0 Å². The highest BCUT2D eigenvalue weighted by atomic mass is 19.1. The molecule has 0 fully saturated rings. The predicted molar refractivity (Wildman–Crippen MR) is 74.6 cm³/mol. The number of hydrogen-bond acceptors (Lipinski definition) is 2. The molecule has 0 spiro atoms. The maximum absolute atomic E-state index is 13.6. The maximum Gasteiger partial charge on any atom is 0.261 e. The Morgan fingerprint density at radius 1 is 1.10 bits per heavy atom. The van der Waals surface area contributed by atoms with Gasteiger partial charge in [0.2, 0.25) is 0 Å². The second kappa shape index (κ2) is 5.47. The number of carbonyl (C=O) groups is 1. The molecular weight excluding hydrogens is 281 g/mol. The van der Waals surface area contributed by atoms with Gasteiger partial charge >= 0.3 is 0 Å². The molecule has 0 saturated carbocycles. The van der Waals surface area contributed by atoms with Gasteiger partial charge in [-0.15, -0.1) is 0 Å². The van der Waals surface area contributed by atoms with Gasteiger partial charge in [-0.1, -0.05) is 6.07 Å². The zero-order chi connectivity index (χ0) is 15.7. The third kappa shape index (κ3) is 2.84. The van der Waals surface area contributed by atoms with Crippen LogP contribution in [0.4, 0.5) is 24.5 Å². The third-order valence-corrected chi connectivity index (χ3v) is 3.24. The number of rotatable bonds is 2. The zero-order valence-electron chi connectivity index (χ0n) is 11.4. The van der Waals surface area contributed by atoms with Crippen molar-refractivity contribution in [1.29, 1.82) is 0 Å². The summed E-state index contributed by atoms with van der Waals surface area (Å²) >= 11 is 0. The molecule has 21 heavy (non-hydrogen) atoms. The standard InChI is InChI=1S/C15H13F3N2O/c1-7-3-4-12(19)14(8(7)2)20-15(21)13-10(17)5-9(16)6-11(13)18/h3-6H,19H2,1-2H3,(H,20,21).